The second-order valence-electron chi connectivity index (χ2n) is 4.23. The van der Waals surface area contributed by atoms with Gasteiger partial charge in [0.2, 0.25) is 0 Å². The number of fused-ring (bicyclic) bond motifs is 3. The number of hydrogen-bond acceptors (Lipinski definition) is 2. The van der Waals surface area contributed by atoms with E-state index < -0.39 is 0 Å². The van der Waals surface area contributed by atoms with Crippen molar-refractivity contribution in [3.8, 4) is 16.9 Å². The van der Waals surface area contributed by atoms with Crippen molar-refractivity contribution in [1.29, 1.82) is 0 Å². The van der Waals surface area contributed by atoms with Crippen molar-refractivity contribution in [2.24, 2.45) is 0 Å². The maximum atomic E-state index is 12.2. The Morgan fingerprint density at radius 1 is 1.06 bits per heavy atom. The highest BCUT2D eigenvalue weighted by Gasteiger charge is 2.29. The zero-order valence-electron chi connectivity index (χ0n) is 9.12. The molecule has 2 aromatic carbocycles. The van der Waals surface area contributed by atoms with E-state index in [4.69, 9.17) is 11.6 Å². The lowest BCUT2D eigenvalue weighted by Crippen LogP contribution is -1.95. The number of halogens is 1. The van der Waals surface area contributed by atoms with Crippen LogP contribution in [0.2, 0.25) is 5.02 Å². The van der Waals surface area contributed by atoms with E-state index in [2.05, 4.69) is 0 Å². The topological polar surface area (TPSA) is 37.3 Å². The fourth-order valence-electron chi connectivity index (χ4n) is 2.29. The molecule has 2 nitrogen and oxygen atoms in total. The van der Waals surface area contributed by atoms with Crippen LogP contribution in [0.5, 0.6) is 5.75 Å². The van der Waals surface area contributed by atoms with E-state index in [0.29, 0.717) is 16.1 Å². The highest BCUT2D eigenvalue weighted by Crippen LogP contribution is 2.42. The first-order chi connectivity index (χ1) is 8.08. The number of aryl methyl sites for hydroxylation is 1. The van der Waals surface area contributed by atoms with Gasteiger partial charge >= 0.3 is 0 Å². The van der Waals surface area contributed by atoms with Gasteiger partial charge in [-0.15, -0.1) is 0 Å². The number of carbonyl (C=O) groups is 1. The molecule has 1 aliphatic rings. The van der Waals surface area contributed by atoms with Gasteiger partial charge in [-0.05, 0) is 41.8 Å². The standard InChI is InChI=1S/C14H9ClO2/c1-7-4-10-9-3-2-8(15)6-11(9)14(17)13(10)12(16)5-7/h2-6,16H,1H3. The van der Waals surface area contributed by atoms with Crippen molar-refractivity contribution in [3.63, 3.8) is 0 Å². The van der Waals surface area contributed by atoms with Crippen molar-refractivity contribution in [3.05, 3.63) is 52.0 Å². The molecule has 3 rings (SSSR count). The molecule has 2 aromatic rings. The minimum absolute atomic E-state index is 0.0392. The Kier molecular flexibility index (Phi) is 2.04. The Hall–Kier alpha value is -1.80. The minimum Gasteiger partial charge on any atom is -0.507 e. The third-order valence-corrected chi connectivity index (χ3v) is 3.24. The normalized spacial score (nSPS) is 12.5. The first-order valence-corrected chi connectivity index (χ1v) is 5.64. The third-order valence-electron chi connectivity index (χ3n) is 3.01. The Labute approximate surface area is 103 Å². The van der Waals surface area contributed by atoms with E-state index in [1.807, 2.05) is 19.1 Å². The van der Waals surface area contributed by atoms with E-state index in [-0.39, 0.29) is 11.5 Å². The zero-order chi connectivity index (χ0) is 12.2. The summed E-state index contributed by atoms with van der Waals surface area (Å²) in [6.45, 7) is 1.89. The van der Waals surface area contributed by atoms with E-state index >= 15 is 0 Å². The average molecular weight is 245 g/mol. The van der Waals surface area contributed by atoms with Gasteiger partial charge in [0.15, 0.2) is 5.78 Å². The highest BCUT2D eigenvalue weighted by molar-refractivity contribution is 6.32. The van der Waals surface area contributed by atoms with Crippen LogP contribution in [0, 0.1) is 6.92 Å². The lowest BCUT2D eigenvalue weighted by atomic mass is 10.0. The third kappa shape index (κ3) is 1.38. The largest absolute Gasteiger partial charge is 0.507 e. The molecule has 0 unspecified atom stereocenters. The molecular formula is C14H9ClO2. The number of ketones is 1. The molecule has 0 aliphatic heterocycles. The minimum atomic E-state index is -0.157. The van der Waals surface area contributed by atoms with Gasteiger partial charge in [0, 0.05) is 10.6 Å². The summed E-state index contributed by atoms with van der Waals surface area (Å²) in [5, 5.41) is 10.4. The van der Waals surface area contributed by atoms with Crippen molar-refractivity contribution < 1.29 is 9.90 Å². The molecule has 0 saturated heterocycles. The highest BCUT2D eigenvalue weighted by atomic mass is 35.5. The smallest absolute Gasteiger partial charge is 0.198 e. The van der Waals surface area contributed by atoms with Gasteiger partial charge in [0.25, 0.3) is 0 Å². The number of benzene rings is 2. The molecule has 0 atom stereocenters. The quantitative estimate of drug-likeness (QED) is 0.656. The van der Waals surface area contributed by atoms with Crippen LogP contribution in [0.25, 0.3) is 11.1 Å². The maximum Gasteiger partial charge on any atom is 0.198 e. The summed E-state index contributed by atoms with van der Waals surface area (Å²) in [6, 6.07) is 8.73. The van der Waals surface area contributed by atoms with Crippen LogP contribution in [-0.2, 0) is 0 Å². The maximum absolute atomic E-state index is 12.2. The summed E-state index contributed by atoms with van der Waals surface area (Å²) in [5.74, 6) is -0.118. The van der Waals surface area contributed by atoms with Crippen LogP contribution >= 0.6 is 11.6 Å². The van der Waals surface area contributed by atoms with Gasteiger partial charge in [0.1, 0.15) is 5.75 Å². The number of aromatic hydroxyl groups is 1. The number of hydrogen-bond donors (Lipinski definition) is 1. The molecule has 0 saturated carbocycles. The van der Waals surface area contributed by atoms with Gasteiger partial charge in [-0.3, -0.25) is 4.79 Å². The number of rotatable bonds is 0. The lowest BCUT2D eigenvalue weighted by molar-refractivity contribution is 0.104. The Morgan fingerprint density at radius 3 is 2.59 bits per heavy atom. The molecule has 0 fully saturated rings. The van der Waals surface area contributed by atoms with Gasteiger partial charge in [0.05, 0.1) is 5.56 Å². The van der Waals surface area contributed by atoms with Crippen molar-refractivity contribution in [1.82, 2.24) is 0 Å². The molecule has 1 N–H and O–H groups in total. The lowest BCUT2D eigenvalue weighted by Gasteiger charge is -2.03. The monoisotopic (exact) mass is 244 g/mol. The molecule has 0 spiro atoms. The molecular weight excluding hydrogens is 236 g/mol. The average Bonchev–Trinajstić information content (AvgIpc) is 2.52. The predicted molar refractivity (Wildman–Crippen MR) is 66.7 cm³/mol. The number of phenols is 1. The van der Waals surface area contributed by atoms with E-state index in [0.717, 1.165) is 16.7 Å². The molecule has 0 radical (unpaired) electrons. The van der Waals surface area contributed by atoms with Crippen LogP contribution < -0.4 is 0 Å². The van der Waals surface area contributed by atoms with Crippen LogP contribution in [0.1, 0.15) is 21.5 Å². The Morgan fingerprint density at radius 2 is 1.82 bits per heavy atom. The molecule has 1 aliphatic carbocycles. The van der Waals surface area contributed by atoms with Gasteiger partial charge in [-0.1, -0.05) is 23.7 Å². The van der Waals surface area contributed by atoms with Crippen LogP contribution in [0.3, 0.4) is 0 Å². The Balaban J connectivity index is 2.39. The Bertz CT molecular complexity index is 660. The second-order valence-corrected chi connectivity index (χ2v) is 4.66. The first kappa shape index (κ1) is 10.4. The van der Waals surface area contributed by atoms with Crippen LogP contribution in [0.15, 0.2) is 30.3 Å². The second kappa shape index (κ2) is 3.34. The summed E-state index contributed by atoms with van der Waals surface area (Å²) >= 11 is 5.89. The molecule has 0 amide bonds. The fraction of sp³-hybridized carbons (Fsp3) is 0.0714. The molecule has 84 valence electrons. The fourth-order valence-corrected chi connectivity index (χ4v) is 2.46. The van der Waals surface area contributed by atoms with Gasteiger partial charge in [-0.25, -0.2) is 0 Å². The van der Waals surface area contributed by atoms with Crippen molar-refractivity contribution in [2.75, 3.05) is 0 Å². The van der Waals surface area contributed by atoms with E-state index in [1.54, 1.807) is 18.2 Å². The predicted octanol–water partition coefficient (Wildman–Crippen LogP) is 3.57. The summed E-state index contributed by atoms with van der Waals surface area (Å²) in [5.41, 5.74) is 3.51. The molecule has 3 heteroatoms. The molecule has 17 heavy (non-hydrogen) atoms. The van der Waals surface area contributed by atoms with E-state index in [9.17, 15) is 9.90 Å². The van der Waals surface area contributed by atoms with Crippen LogP contribution in [0.4, 0.5) is 0 Å². The number of phenolic OH excluding ortho intramolecular Hbond substituents is 1. The summed E-state index contributed by atoms with van der Waals surface area (Å²) in [7, 11) is 0. The summed E-state index contributed by atoms with van der Waals surface area (Å²) < 4.78 is 0. The number of carbonyl (C=O) groups excluding carboxylic acids is 1. The van der Waals surface area contributed by atoms with Crippen LogP contribution in [-0.4, -0.2) is 10.9 Å². The molecule has 0 bridgehead atoms. The zero-order valence-corrected chi connectivity index (χ0v) is 9.88. The molecule has 0 heterocycles. The van der Waals surface area contributed by atoms with Gasteiger partial charge < -0.3 is 5.11 Å². The first-order valence-electron chi connectivity index (χ1n) is 5.26. The van der Waals surface area contributed by atoms with Crippen molar-refractivity contribution >= 4 is 17.4 Å². The van der Waals surface area contributed by atoms with Crippen molar-refractivity contribution in [2.45, 2.75) is 6.92 Å². The van der Waals surface area contributed by atoms with E-state index in [1.165, 1.54) is 0 Å². The summed E-state index contributed by atoms with van der Waals surface area (Å²) in [6.07, 6.45) is 0. The van der Waals surface area contributed by atoms with Gasteiger partial charge in [-0.2, -0.15) is 0 Å². The summed E-state index contributed by atoms with van der Waals surface area (Å²) in [4.78, 5) is 12.2. The SMILES string of the molecule is Cc1cc(O)c2c(c1)-c1ccc(Cl)cc1C2=O. The molecule has 0 aromatic heterocycles.